The maximum atomic E-state index is 12.8. The van der Waals surface area contributed by atoms with Crippen molar-refractivity contribution in [1.29, 1.82) is 0 Å². The zero-order valence-corrected chi connectivity index (χ0v) is 17.7. The van der Waals surface area contributed by atoms with Crippen LogP contribution < -0.4 is 43.5 Å². The minimum atomic E-state index is -0.599. The summed E-state index contributed by atoms with van der Waals surface area (Å²) in [5.41, 5.74) is 11.7. The fraction of sp³-hybridized carbons (Fsp3) is 0.550. The van der Waals surface area contributed by atoms with Gasteiger partial charge in [-0.3, -0.25) is 9.36 Å². The first-order valence-electron chi connectivity index (χ1n) is 10.4. The second kappa shape index (κ2) is 7.80. The Kier molecular flexibility index (Phi) is 5.29. The topological polar surface area (TPSA) is 164 Å². The maximum Gasteiger partial charge on any atom is 0.350 e. The van der Waals surface area contributed by atoms with Crippen LogP contribution in [-0.2, 0) is 0 Å². The van der Waals surface area contributed by atoms with E-state index >= 15 is 0 Å². The number of carbonyl (C=O) groups is 1. The molecule has 2 heterocycles. The average Bonchev–Trinajstić information content (AvgIpc) is 3.50. The molecule has 1 aromatic heterocycles. The third kappa shape index (κ3) is 3.58. The molecule has 1 aliphatic carbocycles. The lowest BCUT2D eigenvalue weighted by atomic mass is 9.91. The van der Waals surface area contributed by atoms with E-state index in [0.717, 1.165) is 25.1 Å². The molecule has 1 aliphatic heterocycles. The number of fused-ring (bicyclic) bond motifs is 1. The normalized spacial score (nSPS) is 22.0. The molecule has 11 heteroatoms. The van der Waals surface area contributed by atoms with Crippen molar-refractivity contribution in [3.63, 3.8) is 0 Å². The van der Waals surface area contributed by atoms with Crippen LogP contribution in [0.25, 0.3) is 10.9 Å². The number of benzene rings is 1. The lowest BCUT2D eigenvalue weighted by Crippen LogP contribution is -2.45. The number of nitrogens with one attached hydrogen (secondary N) is 1. The summed E-state index contributed by atoms with van der Waals surface area (Å²) < 4.78 is 8.00. The summed E-state index contributed by atoms with van der Waals surface area (Å²) in [7, 11) is 1.54. The van der Waals surface area contributed by atoms with E-state index in [1.165, 1.54) is 7.11 Å². The number of hydrogen-bond acceptors (Lipinski definition) is 7. The molecule has 7 N–H and O–H groups in total. The highest BCUT2D eigenvalue weighted by Gasteiger charge is 2.36. The van der Waals surface area contributed by atoms with Crippen molar-refractivity contribution in [2.45, 2.75) is 31.8 Å². The maximum absolute atomic E-state index is 12.8. The minimum absolute atomic E-state index is 0.00750. The third-order valence-electron chi connectivity index (χ3n) is 6.40. The molecule has 1 unspecified atom stereocenters. The van der Waals surface area contributed by atoms with Gasteiger partial charge in [0.1, 0.15) is 5.52 Å². The van der Waals surface area contributed by atoms with Gasteiger partial charge in [0.05, 0.1) is 18.2 Å². The van der Waals surface area contributed by atoms with Gasteiger partial charge in [-0.15, -0.1) is 0 Å². The zero-order chi connectivity index (χ0) is 22.4. The number of nitrogens with two attached hydrogens (primary N) is 3. The lowest BCUT2D eigenvalue weighted by molar-refractivity contribution is 0.246. The molecular formula is C20H29N7O4. The Morgan fingerprint density at radius 2 is 2.00 bits per heavy atom. The van der Waals surface area contributed by atoms with Gasteiger partial charge in [0.2, 0.25) is 0 Å². The number of nitrogens with zero attached hydrogens (tertiary/aromatic N) is 3. The number of ether oxygens (including phenoxy) is 1. The van der Waals surface area contributed by atoms with Crippen molar-refractivity contribution in [2.75, 3.05) is 37.5 Å². The molecule has 168 valence electrons. The summed E-state index contributed by atoms with van der Waals surface area (Å²) >= 11 is 0. The Bertz CT molecular complexity index is 1140. The number of nitrogen functional groups attached to an aromatic ring is 1. The number of anilines is 1. The fourth-order valence-corrected chi connectivity index (χ4v) is 4.64. The molecule has 2 fully saturated rings. The van der Waals surface area contributed by atoms with Crippen molar-refractivity contribution in [2.24, 2.45) is 23.3 Å². The summed E-state index contributed by atoms with van der Waals surface area (Å²) in [6, 6.07) is 2.68. The molecular weight excluding hydrogens is 402 g/mol. The minimum Gasteiger partial charge on any atom is -0.492 e. The van der Waals surface area contributed by atoms with E-state index in [2.05, 4.69) is 17.1 Å². The first-order valence-corrected chi connectivity index (χ1v) is 10.4. The monoisotopic (exact) mass is 431 g/mol. The Morgan fingerprint density at radius 1 is 1.29 bits per heavy atom. The third-order valence-corrected chi connectivity index (χ3v) is 6.40. The van der Waals surface area contributed by atoms with Crippen LogP contribution in [0.2, 0.25) is 0 Å². The Balaban J connectivity index is 1.76. The van der Waals surface area contributed by atoms with Gasteiger partial charge < -0.3 is 32.3 Å². The van der Waals surface area contributed by atoms with E-state index in [0.29, 0.717) is 34.4 Å². The second-order valence-electron chi connectivity index (χ2n) is 8.53. The number of aromatic nitrogens is 2. The van der Waals surface area contributed by atoms with Gasteiger partial charge in [0.25, 0.3) is 5.56 Å². The van der Waals surface area contributed by atoms with Crippen LogP contribution in [0.4, 0.5) is 10.5 Å². The summed E-state index contributed by atoms with van der Waals surface area (Å²) in [5.74, 6) is 6.61. The Labute approximate surface area is 178 Å². The van der Waals surface area contributed by atoms with Crippen molar-refractivity contribution in [3.05, 3.63) is 33.0 Å². The summed E-state index contributed by atoms with van der Waals surface area (Å²) in [5, 5.41) is 2.92. The predicted octanol–water partition coefficient (Wildman–Crippen LogP) is -0.712. The van der Waals surface area contributed by atoms with Crippen molar-refractivity contribution in [1.82, 2.24) is 14.6 Å². The second-order valence-corrected chi connectivity index (χ2v) is 8.53. The van der Waals surface area contributed by atoms with Gasteiger partial charge >= 0.3 is 11.7 Å². The molecule has 0 radical (unpaired) electrons. The molecule has 31 heavy (non-hydrogen) atoms. The van der Waals surface area contributed by atoms with Crippen LogP contribution >= 0.6 is 0 Å². The van der Waals surface area contributed by atoms with Gasteiger partial charge in [-0.2, -0.15) is 4.68 Å². The molecule has 3 atom stereocenters. The molecule has 1 aromatic carbocycles. The molecule has 11 nitrogen and oxygen atoms in total. The number of primary amides is 1. The average molecular weight is 431 g/mol. The molecule has 2 amide bonds. The molecule has 2 aromatic rings. The first kappa shape index (κ1) is 21.0. The molecule has 1 saturated carbocycles. The van der Waals surface area contributed by atoms with Crippen LogP contribution in [0.3, 0.4) is 0 Å². The number of urea groups is 1. The number of hydrogen-bond donors (Lipinski definition) is 4. The smallest absolute Gasteiger partial charge is 0.350 e. The highest BCUT2D eigenvalue weighted by molar-refractivity contribution is 5.91. The lowest BCUT2D eigenvalue weighted by Gasteiger charge is -2.25. The molecule has 1 saturated heterocycles. The highest BCUT2D eigenvalue weighted by atomic mass is 16.5. The van der Waals surface area contributed by atoms with Crippen LogP contribution in [0.15, 0.2) is 21.7 Å². The van der Waals surface area contributed by atoms with Gasteiger partial charge in [-0.1, -0.05) is 6.92 Å². The van der Waals surface area contributed by atoms with Crippen molar-refractivity contribution >= 4 is 22.6 Å². The van der Waals surface area contributed by atoms with Crippen LogP contribution in [0, 0.1) is 11.8 Å². The zero-order valence-electron chi connectivity index (χ0n) is 17.7. The molecule has 0 bridgehead atoms. The van der Waals surface area contributed by atoms with Gasteiger partial charge in [-0.05, 0) is 36.8 Å². The van der Waals surface area contributed by atoms with E-state index in [4.69, 9.17) is 22.0 Å². The Hall–Kier alpha value is -3.21. The fourth-order valence-electron chi connectivity index (χ4n) is 4.64. The number of amides is 2. The Morgan fingerprint density at radius 3 is 2.61 bits per heavy atom. The van der Waals surface area contributed by atoms with E-state index in [1.54, 1.807) is 10.6 Å². The van der Waals surface area contributed by atoms with E-state index in [-0.39, 0.29) is 23.9 Å². The van der Waals surface area contributed by atoms with Crippen molar-refractivity contribution < 1.29 is 9.53 Å². The van der Waals surface area contributed by atoms with Crippen LogP contribution in [0.5, 0.6) is 5.75 Å². The summed E-state index contributed by atoms with van der Waals surface area (Å²) in [6.45, 7) is 3.77. The highest BCUT2D eigenvalue weighted by Crippen LogP contribution is 2.42. The summed E-state index contributed by atoms with van der Waals surface area (Å²) in [6.07, 6.45) is 1.70. The largest absolute Gasteiger partial charge is 0.492 e. The van der Waals surface area contributed by atoms with Crippen LogP contribution in [-0.4, -0.2) is 48.1 Å². The number of carbonyl (C=O) groups excluding carboxylic acids is 1. The van der Waals surface area contributed by atoms with Gasteiger partial charge in [-0.25, -0.2) is 9.59 Å². The molecule has 4 rings (SSSR count). The van der Waals surface area contributed by atoms with E-state index in [9.17, 15) is 14.4 Å². The van der Waals surface area contributed by atoms with E-state index < -0.39 is 17.3 Å². The standard InChI is InChI=1S/C20H29N7O4/c1-10-8-25(9-13(10)14(21)7-24-19(22)29)15-6-5-12-16(17(15)31-2)26(11-3-4-11)20(30)27(23)18(12)28/h5-6,10-11,13-14H,3-4,7-9,21,23H2,1-2H3,(H3,22,24,29)/t10-,13-,14?/m0/s1. The van der Waals surface area contributed by atoms with Gasteiger partial charge in [0, 0.05) is 31.7 Å². The molecule has 0 spiro atoms. The summed E-state index contributed by atoms with van der Waals surface area (Å²) in [4.78, 5) is 38.6. The predicted molar refractivity (Wildman–Crippen MR) is 118 cm³/mol. The quantitative estimate of drug-likeness (QED) is 0.439. The van der Waals surface area contributed by atoms with E-state index in [1.807, 2.05) is 6.07 Å². The SMILES string of the molecule is COc1c(N2C[C@H](C(N)CNC(N)=O)[C@@H](C)C2)ccc2c(=O)n(N)c(=O)n(C3CC3)c12. The first-order chi connectivity index (χ1) is 14.7. The van der Waals surface area contributed by atoms with Crippen LogP contribution in [0.1, 0.15) is 25.8 Å². The van der Waals surface area contributed by atoms with Crippen molar-refractivity contribution in [3.8, 4) is 5.75 Å². The number of rotatable bonds is 6. The van der Waals surface area contributed by atoms with Gasteiger partial charge in [0.15, 0.2) is 5.75 Å². The number of methoxy groups -OCH3 is 1. The molecule has 2 aliphatic rings.